The molecule has 1 aromatic carbocycles. The van der Waals surface area contributed by atoms with Crippen molar-refractivity contribution in [3.63, 3.8) is 0 Å². The van der Waals surface area contributed by atoms with Crippen LogP contribution in [0.5, 0.6) is 0 Å². The molecule has 4 heteroatoms. The third-order valence-corrected chi connectivity index (χ3v) is 4.67. The van der Waals surface area contributed by atoms with Crippen LogP contribution in [0.4, 0.5) is 0 Å². The Kier molecular flexibility index (Phi) is 4.32. The fourth-order valence-electron chi connectivity index (χ4n) is 3.40. The minimum absolute atomic E-state index is 0.350. The maximum atomic E-state index is 4.31. The third-order valence-electron chi connectivity index (χ3n) is 4.67. The van der Waals surface area contributed by atoms with E-state index in [2.05, 4.69) is 60.7 Å². The van der Waals surface area contributed by atoms with E-state index in [4.69, 9.17) is 0 Å². The average Bonchev–Trinajstić information content (AvgIpc) is 3.06. The molecule has 118 valence electrons. The quantitative estimate of drug-likeness (QED) is 0.921. The van der Waals surface area contributed by atoms with Crippen LogP contribution in [0.2, 0.25) is 0 Å². The number of nitrogens with zero attached hydrogens (tertiary/aromatic N) is 3. The summed E-state index contributed by atoms with van der Waals surface area (Å²) in [7, 11) is 6.23. The van der Waals surface area contributed by atoms with Crippen molar-refractivity contribution in [2.24, 2.45) is 7.05 Å². The number of benzene rings is 1. The molecule has 0 fully saturated rings. The highest BCUT2D eigenvalue weighted by molar-refractivity contribution is 5.37. The second kappa shape index (κ2) is 6.23. The Morgan fingerprint density at radius 3 is 2.91 bits per heavy atom. The lowest BCUT2D eigenvalue weighted by molar-refractivity contribution is 0.279. The van der Waals surface area contributed by atoms with Crippen molar-refractivity contribution in [1.82, 2.24) is 20.0 Å². The van der Waals surface area contributed by atoms with E-state index < -0.39 is 0 Å². The van der Waals surface area contributed by atoms with Crippen LogP contribution in [0.3, 0.4) is 0 Å². The number of fused-ring (bicyclic) bond motifs is 1. The van der Waals surface area contributed by atoms with E-state index in [1.807, 2.05) is 17.9 Å². The number of likely N-dealkylation sites (N-methyl/N-ethyl adjacent to an activating group) is 1. The van der Waals surface area contributed by atoms with Gasteiger partial charge in [-0.25, -0.2) is 0 Å². The van der Waals surface area contributed by atoms with Crippen molar-refractivity contribution in [2.45, 2.75) is 31.8 Å². The molecule has 3 rings (SSSR count). The van der Waals surface area contributed by atoms with Crippen molar-refractivity contribution in [2.75, 3.05) is 20.6 Å². The molecule has 0 spiro atoms. The van der Waals surface area contributed by atoms with Gasteiger partial charge in [0.2, 0.25) is 0 Å². The number of hydrogen-bond acceptors (Lipinski definition) is 3. The van der Waals surface area contributed by atoms with E-state index in [0.29, 0.717) is 12.1 Å². The zero-order chi connectivity index (χ0) is 15.7. The summed E-state index contributed by atoms with van der Waals surface area (Å²) in [4.78, 5) is 2.26. The molecule has 0 saturated heterocycles. The average molecular weight is 298 g/mol. The molecule has 0 amide bonds. The highest BCUT2D eigenvalue weighted by Gasteiger charge is 2.24. The van der Waals surface area contributed by atoms with Crippen LogP contribution in [0, 0.1) is 6.92 Å². The van der Waals surface area contributed by atoms with Gasteiger partial charge >= 0.3 is 0 Å². The molecule has 0 bridgehead atoms. The van der Waals surface area contributed by atoms with Crippen molar-refractivity contribution in [3.05, 3.63) is 52.8 Å². The summed E-state index contributed by atoms with van der Waals surface area (Å²) in [5, 5.41) is 8.08. The van der Waals surface area contributed by atoms with E-state index in [-0.39, 0.29) is 0 Å². The lowest BCUT2D eigenvalue weighted by atomic mass is 10.0. The molecule has 0 radical (unpaired) electrons. The fourth-order valence-corrected chi connectivity index (χ4v) is 3.40. The lowest BCUT2D eigenvalue weighted by Crippen LogP contribution is -2.32. The molecule has 22 heavy (non-hydrogen) atoms. The Labute approximate surface area is 133 Å². The van der Waals surface area contributed by atoms with Crippen LogP contribution in [-0.4, -0.2) is 35.3 Å². The zero-order valence-corrected chi connectivity index (χ0v) is 14.0. The largest absolute Gasteiger partial charge is 0.308 e. The number of hydrogen-bond donors (Lipinski definition) is 1. The Hall–Kier alpha value is -1.65. The summed E-state index contributed by atoms with van der Waals surface area (Å²) in [6.07, 6.45) is 6.47. The van der Waals surface area contributed by atoms with Gasteiger partial charge in [0.1, 0.15) is 0 Å². The van der Waals surface area contributed by atoms with Gasteiger partial charge in [0.25, 0.3) is 0 Å². The van der Waals surface area contributed by atoms with Gasteiger partial charge in [-0.05, 0) is 45.0 Å². The zero-order valence-electron chi connectivity index (χ0n) is 14.0. The molecule has 0 saturated carbocycles. The van der Waals surface area contributed by atoms with Crippen LogP contribution in [0.1, 0.15) is 40.8 Å². The van der Waals surface area contributed by atoms with Crippen LogP contribution in [0.25, 0.3) is 0 Å². The third kappa shape index (κ3) is 3.08. The molecule has 1 aliphatic carbocycles. The van der Waals surface area contributed by atoms with Gasteiger partial charge in [0.15, 0.2) is 0 Å². The van der Waals surface area contributed by atoms with Crippen molar-refractivity contribution >= 4 is 0 Å². The molecular weight excluding hydrogens is 272 g/mol. The van der Waals surface area contributed by atoms with Gasteiger partial charge in [-0.1, -0.05) is 23.8 Å². The first-order valence-corrected chi connectivity index (χ1v) is 8.02. The standard InChI is InChI=1S/C18H26N4/c1-13-5-6-14-7-8-17(16(14)9-13)19-11-18(21(2)3)15-10-20-22(4)12-15/h5-6,9-10,12,17-19H,7-8,11H2,1-4H3/t17-,18+/m0/s1. The minimum atomic E-state index is 0.350. The van der Waals surface area contributed by atoms with Crippen molar-refractivity contribution in [1.29, 1.82) is 0 Å². The Balaban J connectivity index is 1.71. The second-order valence-electron chi connectivity index (χ2n) is 6.63. The van der Waals surface area contributed by atoms with E-state index in [9.17, 15) is 0 Å². The molecule has 1 N–H and O–H groups in total. The van der Waals surface area contributed by atoms with Crippen LogP contribution >= 0.6 is 0 Å². The van der Waals surface area contributed by atoms with Crippen molar-refractivity contribution < 1.29 is 0 Å². The first kappa shape index (κ1) is 15.3. The SMILES string of the molecule is Cc1ccc2c(c1)[C@@H](NC[C@H](c1cnn(C)c1)N(C)C)CC2. The predicted molar refractivity (Wildman–Crippen MR) is 89.9 cm³/mol. The molecule has 1 heterocycles. The molecule has 1 aliphatic rings. The lowest BCUT2D eigenvalue weighted by Gasteiger charge is -2.26. The summed E-state index contributed by atoms with van der Waals surface area (Å²) in [6.45, 7) is 3.12. The highest BCUT2D eigenvalue weighted by Crippen LogP contribution is 2.32. The Bertz CT molecular complexity index is 644. The predicted octanol–water partition coefficient (Wildman–Crippen LogP) is 2.61. The summed E-state index contributed by atoms with van der Waals surface area (Å²) in [5.41, 5.74) is 5.61. The number of aromatic nitrogens is 2. The summed E-state index contributed by atoms with van der Waals surface area (Å²) in [6, 6.07) is 7.68. The first-order chi connectivity index (χ1) is 10.5. The van der Waals surface area contributed by atoms with Gasteiger partial charge in [-0.3, -0.25) is 4.68 Å². The smallest absolute Gasteiger partial charge is 0.0538 e. The molecular formula is C18H26N4. The van der Waals surface area contributed by atoms with Gasteiger partial charge < -0.3 is 10.2 Å². The van der Waals surface area contributed by atoms with Gasteiger partial charge in [0, 0.05) is 37.4 Å². The van der Waals surface area contributed by atoms with E-state index >= 15 is 0 Å². The molecule has 2 atom stereocenters. The molecule has 0 unspecified atom stereocenters. The molecule has 1 aromatic heterocycles. The number of rotatable bonds is 5. The number of aryl methyl sites for hydroxylation is 3. The Morgan fingerprint density at radius 1 is 1.41 bits per heavy atom. The maximum absolute atomic E-state index is 4.31. The van der Waals surface area contributed by atoms with Crippen LogP contribution in [-0.2, 0) is 13.5 Å². The number of nitrogens with one attached hydrogen (secondary N) is 1. The van der Waals surface area contributed by atoms with E-state index in [1.165, 1.54) is 35.1 Å². The minimum Gasteiger partial charge on any atom is -0.308 e. The van der Waals surface area contributed by atoms with Crippen LogP contribution in [0.15, 0.2) is 30.6 Å². The monoisotopic (exact) mass is 298 g/mol. The summed E-state index contributed by atoms with van der Waals surface area (Å²) < 4.78 is 1.88. The molecule has 2 aromatic rings. The summed E-state index contributed by atoms with van der Waals surface area (Å²) in [5.74, 6) is 0. The first-order valence-electron chi connectivity index (χ1n) is 8.02. The van der Waals surface area contributed by atoms with Gasteiger partial charge in [-0.15, -0.1) is 0 Å². The molecule has 4 nitrogen and oxygen atoms in total. The highest BCUT2D eigenvalue weighted by atomic mass is 15.2. The molecule has 0 aliphatic heterocycles. The normalized spacial score (nSPS) is 18.7. The van der Waals surface area contributed by atoms with E-state index in [0.717, 1.165) is 6.54 Å². The Morgan fingerprint density at radius 2 is 2.23 bits per heavy atom. The van der Waals surface area contributed by atoms with Crippen LogP contribution < -0.4 is 5.32 Å². The van der Waals surface area contributed by atoms with Crippen molar-refractivity contribution in [3.8, 4) is 0 Å². The topological polar surface area (TPSA) is 33.1 Å². The maximum Gasteiger partial charge on any atom is 0.0538 e. The summed E-state index contributed by atoms with van der Waals surface area (Å²) >= 11 is 0. The van der Waals surface area contributed by atoms with Gasteiger partial charge in [-0.2, -0.15) is 5.10 Å². The van der Waals surface area contributed by atoms with E-state index in [1.54, 1.807) is 0 Å². The van der Waals surface area contributed by atoms with Gasteiger partial charge in [0.05, 0.1) is 6.20 Å². The second-order valence-corrected chi connectivity index (χ2v) is 6.63. The fraction of sp³-hybridized carbons (Fsp3) is 0.500.